The van der Waals surface area contributed by atoms with E-state index >= 15 is 4.39 Å². The minimum Gasteiger partial charge on any atom is -0.497 e. The lowest BCUT2D eigenvalue weighted by atomic mass is 9.75. The monoisotopic (exact) mass is 493 g/mol. The van der Waals surface area contributed by atoms with Gasteiger partial charge in [-0.2, -0.15) is 0 Å². The minimum atomic E-state index is -0.908. The lowest BCUT2D eigenvalue weighted by molar-refractivity contribution is 0.00578. The first-order valence-electron chi connectivity index (χ1n) is 12.2. The summed E-state index contributed by atoms with van der Waals surface area (Å²) in [6, 6.07) is 10.7. The van der Waals surface area contributed by atoms with Crippen LogP contribution in [-0.2, 0) is 15.9 Å². The van der Waals surface area contributed by atoms with Crippen LogP contribution in [0.15, 0.2) is 42.6 Å². The maximum Gasteiger partial charge on any atom is 0.498 e. The zero-order valence-corrected chi connectivity index (χ0v) is 21.7. The van der Waals surface area contributed by atoms with Crippen molar-refractivity contribution >= 4 is 34.9 Å². The van der Waals surface area contributed by atoms with Crippen molar-refractivity contribution < 1.29 is 23.2 Å². The predicted molar refractivity (Wildman–Crippen MR) is 140 cm³/mol. The van der Waals surface area contributed by atoms with Crippen molar-refractivity contribution in [1.82, 2.24) is 10.3 Å². The van der Waals surface area contributed by atoms with Crippen LogP contribution in [0.25, 0.3) is 10.8 Å². The second kappa shape index (κ2) is 10.1. The number of pyridine rings is 1. The Kier molecular flexibility index (Phi) is 7.25. The first kappa shape index (κ1) is 25.9. The molecule has 1 aliphatic heterocycles. The maximum absolute atomic E-state index is 15.3. The number of nitrogens with one attached hydrogen (secondary N) is 2. The molecular formula is C27H33BFN3O4. The van der Waals surface area contributed by atoms with Gasteiger partial charge in [-0.05, 0) is 63.9 Å². The highest BCUT2D eigenvalue weighted by atomic mass is 19.1. The van der Waals surface area contributed by atoms with Crippen LogP contribution in [0.5, 0.6) is 5.75 Å². The Hall–Kier alpha value is -3.17. The lowest BCUT2D eigenvalue weighted by Crippen LogP contribution is -2.41. The Morgan fingerprint density at radius 2 is 1.72 bits per heavy atom. The van der Waals surface area contributed by atoms with Crippen molar-refractivity contribution in [3.05, 3.63) is 59.7 Å². The molecule has 0 bridgehead atoms. The third kappa shape index (κ3) is 4.90. The number of hydrogen-bond donors (Lipinski definition) is 2. The number of rotatable bonds is 8. The van der Waals surface area contributed by atoms with Crippen molar-refractivity contribution in [3.8, 4) is 5.75 Å². The van der Waals surface area contributed by atoms with E-state index in [1.54, 1.807) is 13.2 Å². The third-order valence-electron chi connectivity index (χ3n) is 6.93. The molecule has 0 unspecified atom stereocenters. The van der Waals surface area contributed by atoms with E-state index in [1.807, 2.05) is 58.9 Å². The van der Waals surface area contributed by atoms with Crippen molar-refractivity contribution in [1.29, 1.82) is 0 Å². The summed E-state index contributed by atoms with van der Waals surface area (Å²) < 4.78 is 32.8. The first-order chi connectivity index (χ1) is 17.1. The Labute approximate surface area is 211 Å². The summed E-state index contributed by atoms with van der Waals surface area (Å²) in [6.07, 6.45) is 2.32. The predicted octanol–water partition coefficient (Wildman–Crippen LogP) is 4.43. The molecule has 9 heteroatoms. The summed E-state index contributed by atoms with van der Waals surface area (Å²) in [5, 5.41) is 7.44. The maximum atomic E-state index is 15.3. The fourth-order valence-electron chi connectivity index (χ4n) is 4.10. The number of aromatic nitrogens is 1. The van der Waals surface area contributed by atoms with Gasteiger partial charge in [-0.1, -0.05) is 19.1 Å². The van der Waals surface area contributed by atoms with Gasteiger partial charge in [-0.3, -0.25) is 4.79 Å². The molecule has 0 radical (unpaired) electrons. The topological polar surface area (TPSA) is 81.7 Å². The van der Waals surface area contributed by atoms with E-state index in [0.717, 1.165) is 17.7 Å². The van der Waals surface area contributed by atoms with E-state index < -0.39 is 24.1 Å². The fourth-order valence-corrected chi connectivity index (χ4v) is 4.10. The number of halogens is 1. The van der Waals surface area contributed by atoms with Gasteiger partial charge in [0.05, 0.1) is 24.0 Å². The van der Waals surface area contributed by atoms with E-state index in [0.29, 0.717) is 29.5 Å². The molecular weight excluding hydrogens is 460 g/mol. The van der Waals surface area contributed by atoms with E-state index in [-0.39, 0.29) is 17.1 Å². The van der Waals surface area contributed by atoms with E-state index in [1.165, 1.54) is 12.3 Å². The number of methoxy groups -OCH3 is 1. The molecule has 4 rings (SSSR count). The van der Waals surface area contributed by atoms with Crippen LogP contribution in [0.2, 0.25) is 0 Å². The number of ether oxygens (including phenoxy) is 1. The van der Waals surface area contributed by atoms with Crippen LogP contribution in [0.4, 0.5) is 10.1 Å². The molecule has 0 atom stereocenters. The van der Waals surface area contributed by atoms with E-state index in [4.69, 9.17) is 14.0 Å². The minimum absolute atomic E-state index is 0.246. The molecule has 1 fully saturated rings. The smallest absolute Gasteiger partial charge is 0.497 e. The van der Waals surface area contributed by atoms with Crippen LogP contribution in [0, 0.1) is 5.82 Å². The molecule has 190 valence electrons. The second-order valence-electron chi connectivity index (χ2n) is 9.95. The second-order valence-corrected chi connectivity index (χ2v) is 9.95. The highest BCUT2D eigenvalue weighted by Crippen LogP contribution is 2.38. The van der Waals surface area contributed by atoms with Gasteiger partial charge in [-0.25, -0.2) is 9.37 Å². The number of amides is 1. The molecule has 0 spiro atoms. The normalized spacial score (nSPS) is 16.2. The Balaban J connectivity index is 1.79. The van der Waals surface area contributed by atoms with Crippen LogP contribution in [-0.4, -0.2) is 42.9 Å². The van der Waals surface area contributed by atoms with Gasteiger partial charge < -0.3 is 24.7 Å². The summed E-state index contributed by atoms with van der Waals surface area (Å²) in [7, 11) is 0.710. The average Bonchev–Trinajstić information content (AvgIpc) is 3.06. The number of carbonyl (C=O) groups excluding carboxylic acids is 1. The SMILES string of the molecule is CCCNC(=O)c1ncc2c(B3OC(C)(C)C(C)(C)O3)c(F)ccc2c1NCc1ccc(OC)cc1. The van der Waals surface area contributed by atoms with Gasteiger partial charge in [-0.15, -0.1) is 0 Å². The molecule has 7 nitrogen and oxygen atoms in total. The zero-order valence-electron chi connectivity index (χ0n) is 21.7. The number of hydrogen-bond acceptors (Lipinski definition) is 6. The molecule has 1 saturated heterocycles. The van der Waals surface area contributed by atoms with Gasteiger partial charge in [0.1, 0.15) is 11.6 Å². The highest BCUT2D eigenvalue weighted by Gasteiger charge is 2.53. The van der Waals surface area contributed by atoms with Gasteiger partial charge in [0.25, 0.3) is 5.91 Å². The van der Waals surface area contributed by atoms with Gasteiger partial charge >= 0.3 is 7.12 Å². The molecule has 2 aromatic carbocycles. The average molecular weight is 493 g/mol. The standard InChI is InChI=1S/C27H33BFN3O4/c1-7-14-30-25(33)24-23(31-15-17-8-10-18(34-6)11-9-17)19-12-13-21(29)22(20(19)16-32-24)28-35-26(2,3)27(4,5)36-28/h8-13,16,31H,7,14-15H2,1-6H3,(H,30,33). The quantitative estimate of drug-likeness (QED) is 0.452. The van der Waals surface area contributed by atoms with Gasteiger partial charge in [0.2, 0.25) is 0 Å². The van der Waals surface area contributed by atoms with Gasteiger partial charge in [0.15, 0.2) is 5.69 Å². The molecule has 0 aliphatic carbocycles. The highest BCUT2D eigenvalue weighted by molar-refractivity contribution is 6.65. The van der Waals surface area contributed by atoms with Crippen molar-refractivity contribution in [2.75, 3.05) is 19.0 Å². The molecule has 3 aromatic rings. The van der Waals surface area contributed by atoms with Crippen LogP contribution in [0.3, 0.4) is 0 Å². The molecule has 36 heavy (non-hydrogen) atoms. The summed E-state index contributed by atoms with van der Waals surface area (Å²) in [4.78, 5) is 17.5. The van der Waals surface area contributed by atoms with Gasteiger partial charge in [0, 0.05) is 35.5 Å². The molecule has 2 heterocycles. The Morgan fingerprint density at radius 3 is 2.33 bits per heavy atom. The lowest BCUT2D eigenvalue weighted by Gasteiger charge is -2.32. The van der Waals surface area contributed by atoms with Crippen LogP contribution in [0.1, 0.15) is 57.1 Å². The van der Waals surface area contributed by atoms with Crippen LogP contribution < -0.4 is 20.8 Å². The molecule has 0 saturated carbocycles. The zero-order chi connectivity index (χ0) is 26.1. The van der Waals surface area contributed by atoms with E-state index in [2.05, 4.69) is 15.6 Å². The summed E-state index contributed by atoms with van der Waals surface area (Å²) >= 11 is 0. The number of anilines is 1. The molecule has 1 amide bonds. The number of benzene rings is 2. The molecule has 2 N–H and O–H groups in total. The number of nitrogens with zero attached hydrogens (tertiary/aromatic N) is 1. The summed E-state index contributed by atoms with van der Waals surface area (Å²) in [6.45, 7) is 10.6. The summed E-state index contributed by atoms with van der Waals surface area (Å²) in [5.74, 6) is 0.0114. The largest absolute Gasteiger partial charge is 0.498 e. The van der Waals surface area contributed by atoms with Crippen LogP contribution >= 0.6 is 0 Å². The van der Waals surface area contributed by atoms with E-state index in [9.17, 15) is 4.79 Å². The third-order valence-corrected chi connectivity index (χ3v) is 6.93. The fraction of sp³-hybridized carbons (Fsp3) is 0.407. The molecule has 1 aromatic heterocycles. The summed E-state index contributed by atoms with van der Waals surface area (Å²) in [5.41, 5.74) is 0.767. The Bertz CT molecular complexity index is 1250. The molecule has 1 aliphatic rings. The van der Waals surface area contributed by atoms with Crippen molar-refractivity contribution in [2.45, 2.75) is 58.8 Å². The first-order valence-corrected chi connectivity index (χ1v) is 12.2. The van der Waals surface area contributed by atoms with Crippen molar-refractivity contribution in [2.24, 2.45) is 0 Å². The number of fused-ring (bicyclic) bond motifs is 1. The Morgan fingerprint density at radius 1 is 1.06 bits per heavy atom. The number of carbonyl (C=O) groups is 1. The van der Waals surface area contributed by atoms with Crippen molar-refractivity contribution in [3.63, 3.8) is 0 Å².